The van der Waals surface area contributed by atoms with Gasteiger partial charge in [0.1, 0.15) is 0 Å². The summed E-state index contributed by atoms with van der Waals surface area (Å²) < 4.78 is 16.6. The number of ether oxygens (including phenoxy) is 3. The van der Waals surface area contributed by atoms with Crippen LogP contribution < -0.4 is 10.6 Å². The van der Waals surface area contributed by atoms with Gasteiger partial charge >= 0.3 is 0 Å². The van der Waals surface area contributed by atoms with E-state index in [-0.39, 0.29) is 0 Å². The third-order valence-electron chi connectivity index (χ3n) is 4.24. The van der Waals surface area contributed by atoms with Crippen molar-refractivity contribution in [3.63, 3.8) is 0 Å². The van der Waals surface area contributed by atoms with Crippen LogP contribution in [-0.2, 0) is 14.2 Å². The fourth-order valence-corrected chi connectivity index (χ4v) is 2.97. The lowest BCUT2D eigenvalue weighted by Crippen LogP contribution is -2.43. The molecular formula is C18H39N3O3S. The number of nitrogens with one attached hydrogen (secondary N) is 2. The normalized spacial score (nSPS) is 17.9. The second-order valence-corrected chi connectivity index (χ2v) is 7.45. The first-order valence-electron chi connectivity index (χ1n) is 9.80. The molecule has 0 saturated carbocycles. The Hall–Kier alpha value is 0.110. The molecule has 1 saturated heterocycles. The Morgan fingerprint density at radius 3 is 2.20 bits per heavy atom. The third-order valence-corrected chi connectivity index (χ3v) is 4.42. The molecule has 0 aromatic rings. The highest BCUT2D eigenvalue weighted by Crippen LogP contribution is 2.09. The molecule has 1 aliphatic rings. The Morgan fingerprint density at radius 1 is 1.00 bits per heavy atom. The fraction of sp³-hybridized carbons (Fsp3) is 1.00. The van der Waals surface area contributed by atoms with E-state index >= 15 is 0 Å². The molecule has 0 radical (unpaired) electrons. The molecule has 0 aromatic carbocycles. The van der Waals surface area contributed by atoms with Crippen LogP contribution in [0.1, 0.15) is 26.7 Å². The van der Waals surface area contributed by atoms with Crippen molar-refractivity contribution in [2.24, 2.45) is 0 Å². The highest BCUT2D eigenvalue weighted by Gasteiger charge is 2.17. The van der Waals surface area contributed by atoms with Gasteiger partial charge in [-0.25, -0.2) is 0 Å². The van der Waals surface area contributed by atoms with Gasteiger partial charge in [0.2, 0.25) is 0 Å². The van der Waals surface area contributed by atoms with Crippen LogP contribution in [0, 0.1) is 0 Å². The predicted octanol–water partition coefficient (Wildman–Crippen LogP) is 1.02. The number of hydrogen-bond donors (Lipinski definition) is 3. The van der Waals surface area contributed by atoms with E-state index in [0.717, 1.165) is 32.8 Å². The van der Waals surface area contributed by atoms with Gasteiger partial charge in [-0.3, -0.25) is 0 Å². The van der Waals surface area contributed by atoms with Gasteiger partial charge in [0.05, 0.1) is 39.6 Å². The molecule has 6 nitrogen and oxygen atoms in total. The molecule has 0 amide bonds. The zero-order chi connectivity index (χ0) is 18.2. The van der Waals surface area contributed by atoms with E-state index in [1.54, 1.807) is 0 Å². The van der Waals surface area contributed by atoms with E-state index in [2.05, 4.69) is 42.0 Å². The van der Waals surface area contributed by atoms with Crippen molar-refractivity contribution in [3.8, 4) is 0 Å². The van der Waals surface area contributed by atoms with Gasteiger partial charge < -0.3 is 29.7 Å². The van der Waals surface area contributed by atoms with Crippen LogP contribution in [-0.4, -0.2) is 95.1 Å². The molecule has 7 heteroatoms. The van der Waals surface area contributed by atoms with Crippen LogP contribution in [0.25, 0.3) is 0 Å². The van der Waals surface area contributed by atoms with Gasteiger partial charge in [0, 0.05) is 30.9 Å². The predicted molar refractivity (Wildman–Crippen MR) is 107 cm³/mol. The van der Waals surface area contributed by atoms with E-state index in [0.29, 0.717) is 44.3 Å². The summed E-state index contributed by atoms with van der Waals surface area (Å²) in [5, 5.41) is 7.19. The molecule has 1 unspecified atom stereocenters. The Labute approximate surface area is 159 Å². The number of nitrogens with zero attached hydrogens (tertiary/aromatic N) is 1. The largest absolute Gasteiger partial charge is 0.378 e. The molecule has 150 valence electrons. The molecule has 25 heavy (non-hydrogen) atoms. The monoisotopic (exact) mass is 377 g/mol. The maximum Gasteiger partial charge on any atom is 0.0701 e. The van der Waals surface area contributed by atoms with Crippen molar-refractivity contribution < 1.29 is 14.2 Å². The highest BCUT2D eigenvalue weighted by atomic mass is 32.1. The van der Waals surface area contributed by atoms with Crippen molar-refractivity contribution in [3.05, 3.63) is 0 Å². The first kappa shape index (κ1) is 23.1. The van der Waals surface area contributed by atoms with Gasteiger partial charge in [-0.05, 0) is 32.5 Å². The molecule has 1 fully saturated rings. The van der Waals surface area contributed by atoms with Crippen molar-refractivity contribution in [2.45, 2.75) is 38.0 Å². The zero-order valence-electron chi connectivity index (χ0n) is 16.2. The quantitative estimate of drug-likeness (QED) is 0.276. The number of likely N-dealkylation sites (tertiary alicyclic amines) is 1. The van der Waals surface area contributed by atoms with Gasteiger partial charge in [0.15, 0.2) is 0 Å². The molecule has 1 heterocycles. The summed E-state index contributed by atoms with van der Waals surface area (Å²) in [6.45, 7) is 14.5. The SMILES string of the molecule is CCNC1CCN(CCOCCOCCOCCNCC(C)S)CC1. The lowest BCUT2D eigenvalue weighted by Gasteiger charge is -2.32. The molecule has 0 aliphatic carbocycles. The second kappa shape index (κ2) is 16.3. The Kier molecular flexibility index (Phi) is 15.1. The minimum absolute atomic E-state index is 0.383. The zero-order valence-corrected chi connectivity index (χ0v) is 17.1. The van der Waals surface area contributed by atoms with Gasteiger partial charge in [-0.2, -0.15) is 12.6 Å². The van der Waals surface area contributed by atoms with Crippen LogP contribution in [0.2, 0.25) is 0 Å². The minimum atomic E-state index is 0.383. The third kappa shape index (κ3) is 13.9. The van der Waals surface area contributed by atoms with Crippen LogP contribution in [0.4, 0.5) is 0 Å². The molecule has 1 rings (SSSR count). The standard InChI is InChI=1S/C18H39N3O3S/c1-3-20-18-4-7-21(8-5-18)9-11-23-13-15-24-14-12-22-10-6-19-16-17(2)25/h17-20,25H,3-16H2,1-2H3. The number of hydrogen-bond acceptors (Lipinski definition) is 7. The number of piperidine rings is 1. The summed E-state index contributed by atoms with van der Waals surface area (Å²) in [7, 11) is 0. The average Bonchev–Trinajstić information content (AvgIpc) is 2.60. The van der Waals surface area contributed by atoms with Gasteiger partial charge in [-0.1, -0.05) is 13.8 Å². The van der Waals surface area contributed by atoms with E-state index in [1.165, 1.54) is 25.9 Å². The van der Waals surface area contributed by atoms with E-state index in [1.807, 2.05) is 0 Å². The maximum absolute atomic E-state index is 5.65. The van der Waals surface area contributed by atoms with Crippen molar-refractivity contribution in [1.29, 1.82) is 0 Å². The topological polar surface area (TPSA) is 55.0 Å². The first-order chi connectivity index (χ1) is 12.2. The minimum Gasteiger partial charge on any atom is -0.378 e. The summed E-state index contributed by atoms with van der Waals surface area (Å²) in [5.74, 6) is 0. The lowest BCUT2D eigenvalue weighted by molar-refractivity contribution is 0.00988. The summed E-state index contributed by atoms with van der Waals surface area (Å²) in [6.07, 6.45) is 2.50. The molecule has 2 N–H and O–H groups in total. The molecular weight excluding hydrogens is 338 g/mol. The maximum atomic E-state index is 5.65. The van der Waals surface area contributed by atoms with Crippen molar-refractivity contribution >= 4 is 12.6 Å². The molecule has 1 atom stereocenters. The van der Waals surface area contributed by atoms with Crippen LogP contribution in [0.3, 0.4) is 0 Å². The summed E-state index contributed by atoms with van der Waals surface area (Å²) >= 11 is 4.30. The highest BCUT2D eigenvalue weighted by molar-refractivity contribution is 7.80. The Morgan fingerprint density at radius 2 is 1.60 bits per heavy atom. The molecule has 0 bridgehead atoms. The van der Waals surface area contributed by atoms with Crippen LogP contribution in [0.5, 0.6) is 0 Å². The fourth-order valence-electron chi connectivity index (χ4n) is 2.84. The van der Waals surface area contributed by atoms with E-state index in [4.69, 9.17) is 14.2 Å². The average molecular weight is 378 g/mol. The van der Waals surface area contributed by atoms with Crippen LogP contribution in [0.15, 0.2) is 0 Å². The Balaban J connectivity index is 1.75. The Bertz CT molecular complexity index is 291. The number of rotatable bonds is 16. The molecule has 0 spiro atoms. The van der Waals surface area contributed by atoms with Gasteiger partial charge in [0.25, 0.3) is 0 Å². The molecule has 1 aliphatic heterocycles. The van der Waals surface area contributed by atoms with Crippen molar-refractivity contribution in [1.82, 2.24) is 15.5 Å². The first-order valence-corrected chi connectivity index (χ1v) is 10.3. The lowest BCUT2D eigenvalue weighted by atomic mass is 10.1. The smallest absolute Gasteiger partial charge is 0.0701 e. The molecule has 0 aromatic heterocycles. The summed E-state index contributed by atoms with van der Waals surface area (Å²) in [6, 6.07) is 0.708. The second-order valence-electron chi connectivity index (χ2n) is 6.56. The van der Waals surface area contributed by atoms with Gasteiger partial charge in [-0.15, -0.1) is 0 Å². The van der Waals surface area contributed by atoms with E-state index < -0.39 is 0 Å². The van der Waals surface area contributed by atoms with Crippen molar-refractivity contribution in [2.75, 3.05) is 78.9 Å². The summed E-state index contributed by atoms with van der Waals surface area (Å²) in [5.41, 5.74) is 0. The summed E-state index contributed by atoms with van der Waals surface area (Å²) in [4.78, 5) is 2.49. The van der Waals surface area contributed by atoms with E-state index in [9.17, 15) is 0 Å². The number of thiol groups is 1. The van der Waals surface area contributed by atoms with Crippen LogP contribution >= 0.6 is 12.6 Å².